The van der Waals surface area contributed by atoms with Crippen LogP contribution in [0.15, 0.2) is 47.7 Å². The van der Waals surface area contributed by atoms with E-state index in [1.54, 1.807) is 7.05 Å². The Morgan fingerprint density at radius 2 is 1.95 bits per heavy atom. The van der Waals surface area contributed by atoms with E-state index in [0.29, 0.717) is 0 Å². The van der Waals surface area contributed by atoms with Crippen LogP contribution in [0.25, 0.3) is 0 Å². The Morgan fingerprint density at radius 3 is 2.62 bits per heavy atom. The molecule has 0 fully saturated rings. The smallest absolute Gasteiger partial charge is 0.191 e. The van der Waals surface area contributed by atoms with E-state index in [9.17, 15) is 0 Å². The fourth-order valence-electron chi connectivity index (χ4n) is 2.07. The number of hydrogen-bond acceptors (Lipinski definition) is 2. The fraction of sp³-hybridized carbons (Fsp3) is 0.375. The number of benzene rings is 1. The van der Waals surface area contributed by atoms with Gasteiger partial charge in [0.1, 0.15) is 0 Å². The van der Waals surface area contributed by atoms with Crippen molar-refractivity contribution in [2.75, 3.05) is 20.1 Å². The molecule has 0 aliphatic rings. The van der Waals surface area contributed by atoms with Crippen LogP contribution < -0.4 is 10.6 Å². The number of rotatable bonds is 6. The number of hydrogen-bond donors (Lipinski definition) is 2. The van der Waals surface area contributed by atoms with Crippen molar-refractivity contribution in [3.8, 4) is 0 Å². The van der Waals surface area contributed by atoms with E-state index < -0.39 is 0 Å². The number of nitrogens with zero attached hydrogens (tertiary/aromatic N) is 3. The first-order valence-corrected chi connectivity index (χ1v) is 7.25. The van der Waals surface area contributed by atoms with Crippen molar-refractivity contribution in [2.24, 2.45) is 4.99 Å². The van der Waals surface area contributed by atoms with Crippen molar-refractivity contribution >= 4 is 5.96 Å². The first-order chi connectivity index (χ1) is 10.3. The minimum atomic E-state index is 0.798. The van der Waals surface area contributed by atoms with Crippen LogP contribution in [0.5, 0.6) is 0 Å². The lowest BCUT2D eigenvalue weighted by molar-refractivity contribution is 0.597. The van der Waals surface area contributed by atoms with Crippen LogP contribution >= 0.6 is 0 Å². The highest BCUT2D eigenvalue weighted by Gasteiger charge is 1.98. The lowest BCUT2D eigenvalue weighted by Crippen LogP contribution is -2.39. The zero-order chi connectivity index (χ0) is 14.9. The molecule has 0 bridgehead atoms. The summed E-state index contributed by atoms with van der Waals surface area (Å²) < 4.78 is 1.93. The van der Waals surface area contributed by atoms with Gasteiger partial charge in [0.25, 0.3) is 0 Å². The second-order valence-corrected chi connectivity index (χ2v) is 4.94. The summed E-state index contributed by atoms with van der Waals surface area (Å²) >= 11 is 0. The minimum absolute atomic E-state index is 0.798. The molecule has 0 atom stereocenters. The largest absolute Gasteiger partial charge is 0.356 e. The quantitative estimate of drug-likeness (QED) is 0.626. The monoisotopic (exact) mass is 285 g/mol. The van der Waals surface area contributed by atoms with Crippen LogP contribution in [0.2, 0.25) is 0 Å². The predicted molar refractivity (Wildman–Crippen MR) is 86.5 cm³/mol. The highest BCUT2D eigenvalue weighted by atomic mass is 15.3. The zero-order valence-electron chi connectivity index (χ0n) is 12.7. The standard InChI is InChI=1S/C16H23N5/c1-14-12-20-21(13-14)11-10-19-16(17-2)18-9-8-15-6-4-3-5-7-15/h3-7,12-13H,8-11H2,1-2H3,(H2,17,18,19). The summed E-state index contributed by atoms with van der Waals surface area (Å²) in [5, 5.41) is 10.9. The molecule has 0 unspecified atom stereocenters. The second-order valence-electron chi connectivity index (χ2n) is 4.94. The molecule has 0 saturated heterocycles. The van der Waals surface area contributed by atoms with Gasteiger partial charge in [-0.1, -0.05) is 30.3 Å². The van der Waals surface area contributed by atoms with Crippen LogP contribution in [0.1, 0.15) is 11.1 Å². The first kappa shape index (κ1) is 15.1. The summed E-state index contributed by atoms with van der Waals surface area (Å²) in [5.74, 6) is 0.829. The summed E-state index contributed by atoms with van der Waals surface area (Å²) in [7, 11) is 1.79. The van der Waals surface area contributed by atoms with Crippen LogP contribution in [-0.2, 0) is 13.0 Å². The SMILES string of the molecule is CN=C(NCCc1ccccc1)NCCn1cc(C)cn1. The highest BCUT2D eigenvalue weighted by Crippen LogP contribution is 1.98. The van der Waals surface area contributed by atoms with Gasteiger partial charge in [0.2, 0.25) is 0 Å². The Labute approximate surface area is 126 Å². The third kappa shape index (κ3) is 5.30. The summed E-state index contributed by atoms with van der Waals surface area (Å²) in [4.78, 5) is 4.22. The van der Waals surface area contributed by atoms with E-state index in [0.717, 1.165) is 32.0 Å². The number of nitrogens with one attached hydrogen (secondary N) is 2. The molecule has 2 aromatic rings. The number of aromatic nitrogens is 2. The average molecular weight is 285 g/mol. The molecular weight excluding hydrogens is 262 g/mol. The molecular formula is C16H23N5. The van der Waals surface area contributed by atoms with Crippen molar-refractivity contribution in [1.82, 2.24) is 20.4 Å². The van der Waals surface area contributed by atoms with Gasteiger partial charge >= 0.3 is 0 Å². The molecule has 112 valence electrons. The zero-order valence-corrected chi connectivity index (χ0v) is 12.7. The molecule has 0 aliphatic heterocycles. The van der Waals surface area contributed by atoms with E-state index in [1.807, 2.05) is 30.1 Å². The molecule has 5 heteroatoms. The third-order valence-corrected chi connectivity index (χ3v) is 3.17. The molecule has 1 heterocycles. The fourth-order valence-corrected chi connectivity index (χ4v) is 2.07. The molecule has 21 heavy (non-hydrogen) atoms. The molecule has 0 spiro atoms. The van der Waals surface area contributed by atoms with E-state index in [2.05, 4.69) is 45.0 Å². The normalized spacial score (nSPS) is 11.4. The molecule has 2 N–H and O–H groups in total. The molecule has 1 aromatic heterocycles. The Morgan fingerprint density at radius 1 is 1.19 bits per heavy atom. The van der Waals surface area contributed by atoms with Crippen molar-refractivity contribution in [2.45, 2.75) is 19.9 Å². The van der Waals surface area contributed by atoms with E-state index in [4.69, 9.17) is 0 Å². The van der Waals surface area contributed by atoms with Gasteiger partial charge < -0.3 is 10.6 Å². The van der Waals surface area contributed by atoms with Gasteiger partial charge in [0.15, 0.2) is 5.96 Å². The Hall–Kier alpha value is -2.30. The Bertz CT molecular complexity index is 559. The van der Waals surface area contributed by atoms with Gasteiger partial charge in [-0.15, -0.1) is 0 Å². The minimum Gasteiger partial charge on any atom is -0.356 e. The van der Waals surface area contributed by atoms with Crippen LogP contribution in [0.3, 0.4) is 0 Å². The molecule has 0 aliphatic carbocycles. The predicted octanol–water partition coefficient (Wildman–Crippen LogP) is 1.60. The highest BCUT2D eigenvalue weighted by molar-refractivity contribution is 5.79. The molecule has 0 saturated carbocycles. The maximum atomic E-state index is 4.26. The summed E-state index contributed by atoms with van der Waals surface area (Å²) in [6.07, 6.45) is 4.89. The summed E-state index contributed by atoms with van der Waals surface area (Å²) in [6.45, 7) is 4.53. The molecule has 5 nitrogen and oxygen atoms in total. The number of aliphatic imine (C=N–C) groups is 1. The summed E-state index contributed by atoms with van der Waals surface area (Å²) in [6, 6.07) is 10.4. The van der Waals surface area contributed by atoms with Crippen molar-refractivity contribution in [3.63, 3.8) is 0 Å². The van der Waals surface area contributed by atoms with E-state index in [1.165, 1.54) is 11.1 Å². The number of aryl methyl sites for hydroxylation is 1. The van der Waals surface area contributed by atoms with Crippen LogP contribution in [0, 0.1) is 6.92 Å². The van der Waals surface area contributed by atoms with Gasteiger partial charge in [0.05, 0.1) is 12.7 Å². The van der Waals surface area contributed by atoms with E-state index in [-0.39, 0.29) is 0 Å². The molecule has 2 rings (SSSR count). The second kappa shape index (κ2) is 8.09. The Kier molecular flexibility index (Phi) is 5.82. The van der Waals surface area contributed by atoms with Crippen molar-refractivity contribution < 1.29 is 0 Å². The van der Waals surface area contributed by atoms with Gasteiger partial charge in [-0.05, 0) is 24.5 Å². The van der Waals surface area contributed by atoms with E-state index >= 15 is 0 Å². The van der Waals surface area contributed by atoms with Gasteiger partial charge in [-0.2, -0.15) is 5.10 Å². The summed E-state index contributed by atoms with van der Waals surface area (Å²) in [5.41, 5.74) is 2.51. The van der Waals surface area contributed by atoms with Crippen molar-refractivity contribution in [1.29, 1.82) is 0 Å². The van der Waals surface area contributed by atoms with Gasteiger partial charge in [0, 0.05) is 26.3 Å². The Balaban J connectivity index is 1.66. The maximum absolute atomic E-state index is 4.26. The van der Waals surface area contributed by atoms with Crippen molar-refractivity contribution in [3.05, 3.63) is 53.9 Å². The van der Waals surface area contributed by atoms with Gasteiger partial charge in [-0.25, -0.2) is 0 Å². The van der Waals surface area contributed by atoms with Crippen LogP contribution in [0.4, 0.5) is 0 Å². The molecule has 1 aromatic carbocycles. The maximum Gasteiger partial charge on any atom is 0.191 e. The third-order valence-electron chi connectivity index (χ3n) is 3.17. The molecule has 0 radical (unpaired) electrons. The lowest BCUT2D eigenvalue weighted by atomic mass is 10.1. The lowest BCUT2D eigenvalue weighted by Gasteiger charge is -2.11. The molecule has 0 amide bonds. The number of guanidine groups is 1. The topological polar surface area (TPSA) is 54.2 Å². The average Bonchev–Trinajstić information content (AvgIpc) is 2.92. The van der Waals surface area contributed by atoms with Gasteiger partial charge in [-0.3, -0.25) is 9.67 Å². The first-order valence-electron chi connectivity index (χ1n) is 7.25. The van der Waals surface area contributed by atoms with Crippen LogP contribution in [-0.4, -0.2) is 35.9 Å².